The first kappa shape index (κ1) is 19.2. The van der Waals surface area contributed by atoms with Gasteiger partial charge < -0.3 is 15.9 Å². The molecule has 1 amide bonds. The molecule has 136 valence electrons. The summed E-state index contributed by atoms with van der Waals surface area (Å²) in [5.41, 5.74) is 1.11. The Morgan fingerprint density at radius 2 is 2.12 bits per heavy atom. The number of aromatic nitrogens is 3. The highest BCUT2D eigenvalue weighted by Gasteiger charge is 2.38. The monoisotopic (exact) mass is 395 g/mol. The van der Waals surface area contributed by atoms with Crippen molar-refractivity contribution in [3.8, 4) is 5.75 Å². The number of nitrogens with zero attached hydrogens (tertiary/aromatic N) is 3. The summed E-state index contributed by atoms with van der Waals surface area (Å²) in [4.78, 5) is 12.0. The Morgan fingerprint density at radius 1 is 1.44 bits per heavy atom. The number of carbonyl (C=O) groups is 1. The number of amides is 1. The summed E-state index contributed by atoms with van der Waals surface area (Å²) in [6.07, 6.45) is -4.73. The molecule has 1 aromatic heterocycles. The third-order valence-corrected chi connectivity index (χ3v) is 4.36. The van der Waals surface area contributed by atoms with Gasteiger partial charge in [0.25, 0.3) is 5.82 Å². The highest BCUT2D eigenvalue weighted by atomic mass is 35.5. The maximum atomic E-state index is 12.6. The van der Waals surface area contributed by atoms with Crippen molar-refractivity contribution in [1.29, 1.82) is 0 Å². The SMILES string of the molecule is COc1cc(Cl)c(C)cc1NC(=O)CSc1nnc(C(F)(F)F)n1N. The van der Waals surface area contributed by atoms with Gasteiger partial charge in [0.1, 0.15) is 5.75 Å². The van der Waals surface area contributed by atoms with Crippen LogP contribution in [0.5, 0.6) is 5.75 Å². The molecule has 12 heteroatoms. The molecule has 0 atom stereocenters. The lowest BCUT2D eigenvalue weighted by Crippen LogP contribution is -2.22. The number of aryl methyl sites for hydroxylation is 1. The first-order valence-electron chi connectivity index (χ1n) is 6.68. The molecular weight excluding hydrogens is 383 g/mol. The first-order valence-corrected chi connectivity index (χ1v) is 8.04. The summed E-state index contributed by atoms with van der Waals surface area (Å²) in [5.74, 6) is 3.60. The number of benzene rings is 1. The van der Waals surface area contributed by atoms with Gasteiger partial charge in [0.2, 0.25) is 11.1 Å². The predicted molar refractivity (Wildman–Crippen MR) is 87.3 cm³/mol. The number of halogens is 4. The topological polar surface area (TPSA) is 95.1 Å². The van der Waals surface area contributed by atoms with Gasteiger partial charge in [0, 0.05) is 11.1 Å². The molecule has 0 aliphatic carbocycles. The van der Waals surface area contributed by atoms with E-state index in [9.17, 15) is 18.0 Å². The zero-order valence-corrected chi connectivity index (χ0v) is 14.6. The molecule has 0 saturated heterocycles. The molecule has 2 aromatic rings. The summed E-state index contributed by atoms with van der Waals surface area (Å²) < 4.78 is 43.2. The van der Waals surface area contributed by atoms with Crippen molar-refractivity contribution >= 4 is 35.0 Å². The Kier molecular flexibility index (Phi) is 5.68. The number of alkyl halides is 3. The van der Waals surface area contributed by atoms with Crippen molar-refractivity contribution in [2.24, 2.45) is 0 Å². The Morgan fingerprint density at radius 3 is 2.68 bits per heavy atom. The molecule has 1 aromatic carbocycles. The van der Waals surface area contributed by atoms with Gasteiger partial charge in [-0.25, -0.2) is 4.68 Å². The van der Waals surface area contributed by atoms with Gasteiger partial charge >= 0.3 is 6.18 Å². The minimum atomic E-state index is -4.73. The number of nitrogens with two attached hydrogens (primary N) is 1. The van der Waals surface area contributed by atoms with Gasteiger partial charge in [-0.1, -0.05) is 23.4 Å². The van der Waals surface area contributed by atoms with Crippen LogP contribution in [0.3, 0.4) is 0 Å². The Hall–Kier alpha value is -2.14. The normalized spacial score (nSPS) is 11.4. The van der Waals surface area contributed by atoms with Crippen LogP contribution in [0.25, 0.3) is 0 Å². The van der Waals surface area contributed by atoms with Gasteiger partial charge in [-0.15, -0.1) is 10.2 Å². The molecule has 0 fully saturated rings. The predicted octanol–water partition coefficient (Wildman–Crippen LogP) is 2.71. The summed E-state index contributed by atoms with van der Waals surface area (Å²) in [6.45, 7) is 1.75. The second kappa shape index (κ2) is 7.40. The molecule has 0 aliphatic heterocycles. The first-order chi connectivity index (χ1) is 11.6. The number of hydrogen-bond donors (Lipinski definition) is 2. The van der Waals surface area contributed by atoms with Crippen molar-refractivity contribution in [3.63, 3.8) is 0 Å². The van der Waals surface area contributed by atoms with Crippen LogP contribution >= 0.6 is 23.4 Å². The third-order valence-electron chi connectivity index (χ3n) is 3.01. The zero-order chi connectivity index (χ0) is 18.8. The van der Waals surface area contributed by atoms with Crippen LogP contribution in [0.4, 0.5) is 18.9 Å². The van der Waals surface area contributed by atoms with Crippen LogP contribution < -0.4 is 15.9 Å². The van der Waals surface area contributed by atoms with Crippen molar-refractivity contribution in [3.05, 3.63) is 28.5 Å². The van der Waals surface area contributed by atoms with E-state index in [0.29, 0.717) is 21.1 Å². The number of carbonyl (C=O) groups excluding carboxylic acids is 1. The lowest BCUT2D eigenvalue weighted by Gasteiger charge is -2.12. The Labute approximate surface area is 149 Å². The highest BCUT2D eigenvalue weighted by Crippen LogP contribution is 2.31. The van der Waals surface area contributed by atoms with Crippen molar-refractivity contribution < 1.29 is 22.7 Å². The van der Waals surface area contributed by atoms with E-state index in [-0.39, 0.29) is 10.9 Å². The number of anilines is 1. The fraction of sp³-hybridized carbons (Fsp3) is 0.308. The van der Waals surface area contributed by atoms with Crippen LogP contribution in [0.1, 0.15) is 11.4 Å². The maximum absolute atomic E-state index is 12.6. The molecule has 0 bridgehead atoms. The number of rotatable bonds is 5. The second-order valence-electron chi connectivity index (χ2n) is 4.81. The van der Waals surface area contributed by atoms with Crippen LogP contribution in [-0.2, 0) is 11.0 Å². The summed E-state index contributed by atoms with van der Waals surface area (Å²) in [5, 5.41) is 9.13. The third kappa shape index (κ3) is 4.48. The molecule has 0 spiro atoms. The van der Waals surface area contributed by atoms with E-state index in [1.165, 1.54) is 7.11 Å². The molecule has 3 N–H and O–H groups in total. The number of methoxy groups -OCH3 is 1. The largest absolute Gasteiger partial charge is 0.495 e. The lowest BCUT2D eigenvalue weighted by molar-refractivity contribution is -0.146. The number of hydrogen-bond acceptors (Lipinski definition) is 6. The average molecular weight is 396 g/mol. The summed E-state index contributed by atoms with van der Waals surface area (Å²) in [6, 6.07) is 3.17. The molecule has 0 unspecified atom stereocenters. The quantitative estimate of drug-likeness (QED) is 0.597. The minimum Gasteiger partial charge on any atom is -0.495 e. The fourth-order valence-corrected chi connectivity index (χ4v) is 2.63. The number of nitrogens with one attached hydrogen (secondary N) is 1. The van der Waals surface area contributed by atoms with E-state index in [2.05, 4.69) is 15.5 Å². The van der Waals surface area contributed by atoms with Gasteiger partial charge in [0.15, 0.2) is 0 Å². The van der Waals surface area contributed by atoms with Gasteiger partial charge in [0.05, 0.1) is 18.6 Å². The number of ether oxygens (including phenoxy) is 1. The molecule has 0 aliphatic rings. The summed E-state index contributed by atoms with van der Waals surface area (Å²) in [7, 11) is 1.42. The average Bonchev–Trinajstić information content (AvgIpc) is 2.89. The van der Waals surface area contributed by atoms with Gasteiger partial charge in [-0.05, 0) is 18.6 Å². The fourth-order valence-electron chi connectivity index (χ4n) is 1.81. The van der Waals surface area contributed by atoms with E-state index >= 15 is 0 Å². The van der Waals surface area contributed by atoms with Crippen LogP contribution in [0.2, 0.25) is 5.02 Å². The Balaban J connectivity index is 2.05. The standard InChI is InChI=1S/C13H13ClF3N5O2S/c1-6-3-8(9(24-2)4-7(6)14)19-10(23)5-25-12-21-20-11(22(12)18)13(15,16)17/h3-4H,5,18H2,1-2H3,(H,19,23). The van der Waals surface area contributed by atoms with E-state index < -0.39 is 17.9 Å². The molecule has 0 radical (unpaired) electrons. The Bertz CT molecular complexity index is 797. The molecule has 7 nitrogen and oxygen atoms in total. The van der Waals surface area contributed by atoms with Crippen LogP contribution in [-0.4, -0.2) is 33.6 Å². The van der Waals surface area contributed by atoms with Crippen LogP contribution in [0, 0.1) is 6.92 Å². The second-order valence-corrected chi connectivity index (χ2v) is 6.16. The van der Waals surface area contributed by atoms with E-state index in [1.54, 1.807) is 19.1 Å². The van der Waals surface area contributed by atoms with Crippen molar-refractivity contribution in [2.45, 2.75) is 18.3 Å². The van der Waals surface area contributed by atoms with Gasteiger partial charge in [-0.3, -0.25) is 4.79 Å². The number of thioether (sulfide) groups is 1. The van der Waals surface area contributed by atoms with E-state index in [4.69, 9.17) is 22.2 Å². The molecular formula is C13H13ClF3N5O2S. The lowest BCUT2D eigenvalue weighted by atomic mass is 10.2. The molecule has 25 heavy (non-hydrogen) atoms. The summed E-state index contributed by atoms with van der Waals surface area (Å²) >= 11 is 6.70. The van der Waals surface area contributed by atoms with Crippen LogP contribution in [0.15, 0.2) is 17.3 Å². The zero-order valence-electron chi connectivity index (χ0n) is 13.0. The molecule has 0 saturated carbocycles. The van der Waals surface area contributed by atoms with E-state index in [0.717, 1.165) is 17.3 Å². The minimum absolute atomic E-state index is 0.224. The van der Waals surface area contributed by atoms with Crippen molar-refractivity contribution in [2.75, 3.05) is 24.0 Å². The highest BCUT2D eigenvalue weighted by molar-refractivity contribution is 7.99. The smallest absolute Gasteiger partial charge is 0.453 e. The maximum Gasteiger partial charge on any atom is 0.453 e. The number of nitrogen functional groups attached to an aromatic ring is 1. The van der Waals surface area contributed by atoms with Gasteiger partial charge in [-0.2, -0.15) is 13.2 Å². The molecule has 1 heterocycles. The van der Waals surface area contributed by atoms with Crippen molar-refractivity contribution in [1.82, 2.24) is 14.9 Å². The molecule has 2 rings (SSSR count). The van der Waals surface area contributed by atoms with E-state index in [1.807, 2.05) is 0 Å².